The summed E-state index contributed by atoms with van der Waals surface area (Å²) in [6.07, 6.45) is 0. The van der Waals surface area contributed by atoms with Gasteiger partial charge in [-0.2, -0.15) is 0 Å². The lowest BCUT2D eigenvalue weighted by Crippen LogP contribution is -2.40. The summed E-state index contributed by atoms with van der Waals surface area (Å²) in [7, 11) is -3.45. The Morgan fingerprint density at radius 3 is 2.29 bits per heavy atom. The lowest BCUT2D eigenvalue weighted by atomic mass is 10.1. The highest BCUT2D eigenvalue weighted by Crippen LogP contribution is 2.08. The van der Waals surface area contributed by atoms with E-state index in [0.29, 0.717) is 0 Å². The first-order chi connectivity index (χ1) is 7.97. The smallest absolute Gasteiger partial charge is 0.229 e. The molecule has 0 aliphatic rings. The molecule has 0 aromatic heterocycles. The summed E-state index contributed by atoms with van der Waals surface area (Å²) in [6.45, 7) is 4.20. The molecule has 0 fully saturated rings. The average Bonchev–Trinajstić information content (AvgIpc) is 2.30. The molecule has 0 bridgehead atoms. The van der Waals surface area contributed by atoms with Crippen molar-refractivity contribution < 1.29 is 8.42 Å². The van der Waals surface area contributed by atoms with E-state index in [4.69, 9.17) is 11.8 Å². The average molecular weight is 277 g/mol. The Morgan fingerprint density at radius 1 is 1.24 bits per heavy atom. The first-order valence-corrected chi connectivity index (χ1v) is 7.24. The van der Waals surface area contributed by atoms with Gasteiger partial charge in [0.15, 0.2) is 0 Å². The summed E-state index contributed by atoms with van der Waals surface area (Å²) in [5.74, 6) is 0.242. The van der Waals surface area contributed by atoms with Gasteiger partial charge in [0.05, 0.1) is 4.90 Å². The van der Waals surface area contributed by atoms with E-state index in [9.17, 15) is 8.42 Å². The first kappa shape index (κ1) is 14.4. The minimum atomic E-state index is -3.45. The van der Waals surface area contributed by atoms with Gasteiger partial charge in [-0.25, -0.2) is 18.0 Å². The van der Waals surface area contributed by atoms with Crippen molar-refractivity contribution in [1.29, 1.82) is 0 Å². The van der Waals surface area contributed by atoms with E-state index < -0.39 is 10.0 Å². The van der Waals surface area contributed by atoms with Gasteiger partial charge in [-0.15, -0.1) is 0 Å². The minimum absolute atomic E-state index is 0.102. The van der Waals surface area contributed by atoms with Crippen LogP contribution in [0.4, 0.5) is 0 Å². The van der Waals surface area contributed by atoms with Crippen LogP contribution in [0, 0.1) is 5.92 Å². The van der Waals surface area contributed by atoms with Crippen LogP contribution in [0.1, 0.15) is 13.8 Å². The van der Waals surface area contributed by atoms with Gasteiger partial charge in [-0.1, -0.05) is 32.0 Å². The molecule has 0 saturated heterocycles. The van der Waals surface area contributed by atoms with E-state index in [2.05, 4.69) is 9.56 Å². The molecule has 0 spiro atoms. The summed E-state index contributed by atoms with van der Waals surface area (Å²) < 4.78 is 26.3. The molecule has 0 unspecified atom stereocenters. The summed E-state index contributed by atoms with van der Waals surface area (Å²) in [5, 5.41) is 0. The second-order valence-corrected chi connectivity index (χ2v) is 6.11. The van der Waals surface area contributed by atoms with Crippen LogP contribution in [-0.2, 0) is 10.0 Å². The Kier molecular flexibility index (Phi) is 5.39. The molecule has 0 aliphatic carbocycles. The van der Waals surface area contributed by atoms with Crippen molar-refractivity contribution in [3.8, 4) is 0 Å². The summed E-state index contributed by atoms with van der Waals surface area (Å²) in [6, 6.07) is 8.16. The van der Waals surface area contributed by atoms with Crippen molar-refractivity contribution >= 4 is 21.8 Å². The highest BCUT2D eigenvalue weighted by molar-refractivity contribution is 7.89. The monoisotopic (exact) mass is 276 g/mol. The van der Waals surface area contributed by atoms with Crippen LogP contribution >= 0.6 is 11.8 Å². The van der Waals surface area contributed by atoms with Crippen LogP contribution in [0.15, 0.2) is 35.2 Å². The van der Waals surface area contributed by atoms with Crippen LogP contribution in [0.3, 0.4) is 0 Å². The maximum absolute atomic E-state index is 11.9. The van der Waals surface area contributed by atoms with Gasteiger partial charge in [-0.05, 0) is 29.8 Å². The fourth-order valence-electron chi connectivity index (χ4n) is 1.28. The molecule has 0 saturated carbocycles. The molecule has 2 N–H and O–H groups in total. The zero-order valence-corrected chi connectivity index (χ0v) is 11.4. The number of benzene rings is 1. The Hall–Kier alpha value is -0.620. The van der Waals surface area contributed by atoms with Crippen LogP contribution < -0.4 is 9.56 Å². The lowest BCUT2D eigenvalue weighted by molar-refractivity contribution is 0.455. The van der Waals surface area contributed by atoms with Crippen molar-refractivity contribution in [3.63, 3.8) is 0 Å². The number of hydrogen-bond donors (Lipinski definition) is 2. The van der Waals surface area contributed by atoms with Crippen molar-refractivity contribution in [2.24, 2.45) is 5.92 Å². The lowest BCUT2D eigenvalue weighted by Gasteiger charge is -2.19. The third-order valence-electron chi connectivity index (χ3n) is 2.49. The zero-order valence-electron chi connectivity index (χ0n) is 9.85. The Labute approximate surface area is 108 Å². The fourth-order valence-corrected chi connectivity index (χ4v) is 2.69. The molecule has 0 amide bonds. The molecule has 96 valence electrons. The van der Waals surface area contributed by atoms with Crippen LogP contribution in [0.5, 0.6) is 0 Å². The molecular weight excluding hydrogens is 260 g/mol. The molecule has 17 heavy (non-hydrogen) atoms. The predicted molar refractivity (Wildman–Crippen MR) is 69.2 cm³/mol. The number of nitrogens with one attached hydrogen (secondary N) is 2. The normalized spacial score (nSPS) is 13.9. The van der Waals surface area contributed by atoms with Crippen molar-refractivity contribution in [3.05, 3.63) is 30.3 Å². The van der Waals surface area contributed by atoms with E-state index in [1.54, 1.807) is 30.3 Å². The molecule has 1 atom stereocenters. The maximum Gasteiger partial charge on any atom is 0.240 e. The molecule has 0 heterocycles. The molecule has 1 aromatic carbocycles. The highest BCUT2D eigenvalue weighted by Gasteiger charge is 2.17. The molecule has 4 nitrogen and oxygen atoms in total. The van der Waals surface area contributed by atoms with Gasteiger partial charge < -0.3 is 0 Å². The molecule has 1 rings (SSSR count). The number of sulfonamides is 1. The third-order valence-corrected chi connectivity index (χ3v) is 4.21. The summed E-state index contributed by atoms with van der Waals surface area (Å²) >= 11 is 5.55. The number of halogens is 1. The Bertz CT molecular complexity index is 434. The molecule has 6 heteroatoms. The first-order valence-electron chi connectivity index (χ1n) is 5.38. The molecular formula is C11H17ClN2O2S. The van der Waals surface area contributed by atoms with E-state index in [0.717, 1.165) is 0 Å². The fraction of sp³-hybridized carbons (Fsp3) is 0.455. The quantitative estimate of drug-likeness (QED) is 0.778. The standard InChI is InChI=1S/C11H17ClN2O2S/c1-9(2)11(14-12)8-13-17(15,16)10-6-4-3-5-7-10/h3-7,9,11,13-14H,8H2,1-2H3/t11-/m1/s1. The number of hydrogen-bond acceptors (Lipinski definition) is 3. The van der Waals surface area contributed by atoms with Gasteiger partial charge in [0.2, 0.25) is 10.0 Å². The van der Waals surface area contributed by atoms with Crippen LogP contribution in [-0.4, -0.2) is 21.0 Å². The predicted octanol–water partition coefficient (Wildman–Crippen LogP) is 1.73. The highest BCUT2D eigenvalue weighted by atomic mass is 35.5. The van der Waals surface area contributed by atoms with Gasteiger partial charge >= 0.3 is 0 Å². The van der Waals surface area contributed by atoms with E-state index in [1.165, 1.54) is 0 Å². The van der Waals surface area contributed by atoms with Gasteiger partial charge in [0.25, 0.3) is 0 Å². The van der Waals surface area contributed by atoms with Crippen LogP contribution in [0.25, 0.3) is 0 Å². The third kappa shape index (κ3) is 4.27. The van der Waals surface area contributed by atoms with Crippen LogP contribution in [0.2, 0.25) is 0 Å². The van der Waals surface area contributed by atoms with Crippen molar-refractivity contribution in [2.45, 2.75) is 24.8 Å². The SMILES string of the molecule is CC(C)[C@@H](CNS(=O)(=O)c1ccccc1)NCl. The topological polar surface area (TPSA) is 58.2 Å². The van der Waals surface area contributed by atoms with E-state index >= 15 is 0 Å². The van der Waals surface area contributed by atoms with Crippen molar-refractivity contribution in [2.75, 3.05) is 6.54 Å². The van der Waals surface area contributed by atoms with Gasteiger partial charge in [0.1, 0.15) is 0 Å². The van der Waals surface area contributed by atoms with Gasteiger partial charge in [0, 0.05) is 12.6 Å². The Balaban J connectivity index is 2.69. The number of rotatable bonds is 6. The molecule has 0 aliphatic heterocycles. The second kappa shape index (κ2) is 6.35. The van der Waals surface area contributed by atoms with Crippen molar-refractivity contribution in [1.82, 2.24) is 9.56 Å². The van der Waals surface area contributed by atoms with Gasteiger partial charge in [-0.3, -0.25) is 0 Å². The largest absolute Gasteiger partial charge is 0.240 e. The molecule has 0 radical (unpaired) electrons. The Morgan fingerprint density at radius 2 is 1.82 bits per heavy atom. The minimum Gasteiger partial charge on any atom is -0.229 e. The zero-order chi connectivity index (χ0) is 12.9. The molecule has 1 aromatic rings. The second-order valence-electron chi connectivity index (χ2n) is 4.12. The summed E-state index contributed by atoms with van der Waals surface area (Å²) in [4.78, 5) is 2.83. The van der Waals surface area contributed by atoms with E-state index in [1.807, 2.05) is 13.8 Å². The summed E-state index contributed by atoms with van der Waals surface area (Å²) in [5.41, 5.74) is 0. The van der Waals surface area contributed by atoms with E-state index in [-0.39, 0.29) is 23.4 Å². The maximum atomic E-state index is 11.9.